The fraction of sp³-hybridized carbons (Fsp3) is 0.579. The van der Waals surface area contributed by atoms with E-state index in [4.69, 9.17) is 9.47 Å². The summed E-state index contributed by atoms with van der Waals surface area (Å²) in [6, 6.07) is 4.63. The third-order valence-corrected chi connectivity index (χ3v) is 5.44. The molecule has 3 heteroatoms. The Labute approximate surface area is 132 Å². The average molecular weight is 299 g/mol. The molecule has 22 heavy (non-hydrogen) atoms. The quantitative estimate of drug-likeness (QED) is 0.788. The lowest BCUT2D eigenvalue weighted by Crippen LogP contribution is -2.34. The van der Waals surface area contributed by atoms with Gasteiger partial charge in [-0.2, -0.15) is 0 Å². The lowest BCUT2D eigenvalue weighted by Gasteiger charge is -2.35. The van der Waals surface area contributed by atoms with Crippen LogP contribution in [-0.2, 0) is 16.5 Å². The summed E-state index contributed by atoms with van der Waals surface area (Å²) < 4.78 is 14.0. The maximum atomic E-state index is 5.87. The molecular weight excluding hydrogens is 274 g/mol. The van der Waals surface area contributed by atoms with Crippen molar-refractivity contribution < 1.29 is 9.47 Å². The van der Waals surface area contributed by atoms with E-state index in [-0.39, 0.29) is 5.79 Å². The molecule has 0 bridgehead atoms. The zero-order chi connectivity index (χ0) is 15.3. The fourth-order valence-electron chi connectivity index (χ4n) is 4.47. The average Bonchev–Trinajstić information content (AvgIpc) is 3.06. The van der Waals surface area contributed by atoms with Crippen LogP contribution in [0, 0.1) is 13.8 Å². The van der Waals surface area contributed by atoms with Gasteiger partial charge in [0.05, 0.1) is 18.7 Å². The maximum absolute atomic E-state index is 5.87. The van der Waals surface area contributed by atoms with Gasteiger partial charge in [-0.25, -0.2) is 0 Å². The predicted molar refractivity (Wildman–Crippen MR) is 88.2 cm³/mol. The van der Waals surface area contributed by atoms with Gasteiger partial charge in [0, 0.05) is 31.5 Å². The highest BCUT2D eigenvalue weighted by molar-refractivity contribution is 5.88. The first-order valence-corrected chi connectivity index (χ1v) is 8.42. The Morgan fingerprint density at radius 2 is 1.77 bits per heavy atom. The molecule has 0 N–H and O–H groups in total. The van der Waals surface area contributed by atoms with E-state index in [9.17, 15) is 0 Å². The highest BCUT2D eigenvalue weighted by Crippen LogP contribution is 2.44. The topological polar surface area (TPSA) is 23.4 Å². The molecule has 0 amide bonds. The van der Waals surface area contributed by atoms with E-state index >= 15 is 0 Å². The Kier molecular flexibility index (Phi) is 3.31. The lowest BCUT2D eigenvalue weighted by molar-refractivity contribution is -0.178. The first kappa shape index (κ1) is 14.3. The minimum atomic E-state index is -0.257. The third kappa shape index (κ3) is 2.19. The Bertz CT molecular complexity index is 700. The van der Waals surface area contributed by atoms with E-state index in [2.05, 4.69) is 43.8 Å². The molecule has 1 saturated heterocycles. The van der Waals surface area contributed by atoms with Crippen LogP contribution in [0.4, 0.5) is 0 Å². The summed E-state index contributed by atoms with van der Waals surface area (Å²) in [5.41, 5.74) is 5.62. The van der Waals surface area contributed by atoms with Crippen LogP contribution in [-0.4, -0.2) is 23.6 Å². The molecule has 0 radical (unpaired) electrons. The number of aromatic nitrogens is 1. The standard InChI is InChI=1S/C19H25NO2/c1-13-10-14(2)18-16(11-13)17(12-20(18)3)15-4-6-19(7-5-15)21-8-9-22-19/h10-12,15H,4-9H2,1-3H3. The second-order valence-corrected chi connectivity index (χ2v) is 7.06. The number of nitrogens with zero attached hydrogens (tertiary/aromatic N) is 1. The van der Waals surface area contributed by atoms with E-state index in [0.717, 1.165) is 38.9 Å². The highest BCUT2D eigenvalue weighted by atomic mass is 16.7. The second kappa shape index (κ2) is 5.10. The molecule has 2 heterocycles. The Hall–Kier alpha value is -1.32. The van der Waals surface area contributed by atoms with Crippen LogP contribution in [0.2, 0.25) is 0 Å². The first-order chi connectivity index (χ1) is 10.6. The largest absolute Gasteiger partial charge is 0.350 e. The molecule has 1 saturated carbocycles. The van der Waals surface area contributed by atoms with Crippen LogP contribution in [0.1, 0.15) is 48.3 Å². The predicted octanol–water partition coefficient (Wildman–Crippen LogP) is 4.20. The van der Waals surface area contributed by atoms with Gasteiger partial charge in [-0.15, -0.1) is 0 Å². The zero-order valence-electron chi connectivity index (χ0n) is 13.8. The van der Waals surface area contributed by atoms with Gasteiger partial charge in [0.15, 0.2) is 5.79 Å². The van der Waals surface area contributed by atoms with Gasteiger partial charge in [-0.05, 0) is 49.8 Å². The Morgan fingerprint density at radius 3 is 2.45 bits per heavy atom. The van der Waals surface area contributed by atoms with Crippen LogP contribution in [0.5, 0.6) is 0 Å². The number of hydrogen-bond acceptors (Lipinski definition) is 2. The summed E-state index contributed by atoms with van der Waals surface area (Å²) in [5.74, 6) is 0.371. The van der Waals surface area contributed by atoms with Crippen molar-refractivity contribution in [3.8, 4) is 0 Å². The van der Waals surface area contributed by atoms with Gasteiger partial charge in [0.1, 0.15) is 0 Å². The summed E-state index contributed by atoms with van der Waals surface area (Å²) in [6.07, 6.45) is 6.71. The smallest absolute Gasteiger partial charge is 0.168 e. The van der Waals surface area contributed by atoms with Gasteiger partial charge in [-0.3, -0.25) is 0 Å². The number of ether oxygens (including phenoxy) is 2. The molecule has 1 aliphatic heterocycles. The van der Waals surface area contributed by atoms with Gasteiger partial charge >= 0.3 is 0 Å². The van der Waals surface area contributed by atoms with E-state index in [0.29, 0.717) is 5.92 Å². The summed E-state index contributed by atoms with van der Waals surface area (Å²) in [4.78, 5) is 0. The number of hydrogen-bond donors (Lipinski definition) is 0. The second-order valence-electron chi connectivity index (χ2n) is 7.06. The molecule has 118 valence electrons. The van der Waals surface area contributed by atoms with Crippen molar-refractivity contribution in [3.05, 3.63) is 35.0 Å². The van der Waals surface area contributed by atoms with Crippen molar-refractivity contribution >= 4 is 10.9 Å². The monoisotopic (exact) mass is 299 g/mol. The number of benzene rings is 1. The van der Waals surface area contributed by atoms with Crippen molar-refractivity contribution in [1.29, 1.82) is 0 Å². The molecule has 1 aromatic carbocycles. The van der Waals surface area contributed by atoms with Crippen molar-refractivity contribution in [3.63, 3.8) is 0 Å². The lowest BCUT2D eigenvalue weighted by atomic mass is 9.80. The van der Waals surface area contributed by atoms with E-state index in [1.807, 2.05) is 0 Å². The molecule has 3 nitrogen and oxygen atoms in total. The van der Waals surface area contributed by atoms with E-state index in [1.165, 1.54) is 27.6 Å². The van der Waals surface area contributed by atoms with Crippen LogP contribution < -0.4 is 0 Å². The van der Waals surface area contributed by atoms with Crippen LogP contribution in [0.15, 0.2) is 18.3 Å². The zero-order valence-corrected chi connectivity index (χ0v) is 13.8. The molecule has 1 aromatic heterocycles. The number of rotatable bonds is 1. The fourth-order valence-corrected chi connectivity index (χ4v) is 4.47. The van der Waals surface area contributed by atoms with Crippen molar-refractivity contribution in [1.82, 2.24) is 4.57 Å². The molecular formula is C19H25NO2. The summed E-state index contributed by atoms with van der Waals surface area (Å²) >= 11 is 0. The van der Waals surface area contributed by atoms with Gasteiger partial charge in [0.2, 0.25) is 0 Å². The van der Waals surface area contributed by atoms with E-state index < -0.39 is 0 Å². The normalized spacial score (nSPS) is 22.0. The molecule has 0 unspecified atom stereocenters. The van der Waals surface area contributed by atoms with Crippen molar-refractivity contribution in [2.45, 2.75) is 51.2 Å². The first-order valence-electron chi connectivity index (χ1n) is 8.42. The maximum Gasteiger partial charge on any atom is 0.168 e. The van der Waals surface area contributed by atoms with Gasteiger partial charge < -0.3 is 14.0 Å². The van der Waals surface area contributed by atoms with Gasteiger partial charge in [-0.1, -0.05) is 11.6 Å². The molecule has 1 spiro atoms. The SMILES string of the molecule is Cc1cc(C)c2c(c1)c(C1CCC3(CC1)OCCO3)cn2C. The number of aryl methyl sites for hydroxylation is 3. The van der Waals surface area contributed by atoms with Crippen LogP contribution >= 0.6 is 0 Å². The summed E-state index contributed by atoms with van der Waals surface area (Å²) in [5, 5.41) is 1.44. The van der Waals surface area contributed by atoms with Gasteiger partial charge in [0.25, 0.3) is 0 Å². The third-order valence-electron chi connectivity index (χ3n) is 5.44. The molecule has 0 atom stereocenters. The minimum Gasteiger partial charge on any atom is -0.350 e. The molecule has 1 aliphatic carbocycles. The Balaban J connectivity index is 1.67. The Morgan fingerprint density at radius 1 is 1.09 bits per heavy atom. The van der Waals surface area contributed by atoms with Crippen molar-refractivity contribution in [2.75, 3.05) is 13.2 Å². The molecule has 2 fully saturated rings. The van der Waals surface area contributed by atoms with E-state index in [1.54, 1.807) is 0 Å². The summed E-state index contributed by atoms with van der Waals surface area (Å²) in [6.45, 7) is 5.93. The van der Waals surface area contributed by atoms with Crippen LogP contribution in [0.3, 0.4) is 0 Å². The summed E-state index contributed by atoms with van der Waals surface area (Å²) in [7, 11) is 2.17. The molecule has 4 rings (SSSR count). The minimum absolute atomic E-state index is 0.257. The molecule has 2 aromatic rings. The number of fused-ring (bicyclic) bond motifs is 1. The highest BCUT2D eigenvalue weighted by Gasteiger charge is 2.41. The van der Waals surface area contributed by atoms with Crippen LogP contribution in [0.25, 0.3) is 10.9 Å². The van der Waals surface area contributed by atoms with Crippen molar-refractivity contribution in [2.24, 2.45) is 7.05 Å². The molecule has 2 aliphatic rings.